The van der Waals surface area contributed by atoms with Crippen molar-refractivity contribution >= 4 is 28.5 Å². The standard InChI is InChI=1S/C18H22N4OS/c1-2-12-24-17-19-16(23)15-13-8-4-5-9-14(13)20-18(22(15)21-17)10-6-3-7-11-18/h2,4-5,8-9,15,20H,1,3,6-7,10-12H2,(H,19,21,23). The first-order valence-electron chi connectivity index (χ1n) is 8.53. The van der Waals surface area contributed by atoms with Crippen LogP contribution in [-0.4, -0.2) is 27.5 Å². The smallest absolute Gasteiger partial charge is 0.255 e. The number of carbonyl (C=O) groups excluding carboxylic acids is 1. The van der Waals surface area contributed by atoms with Crippen molar-refractivity contribution in [2.75, 3.05) is 11.1 Å². The fourth-order valence-electron chi connectivity index (χ4n) is 3.93. The second-order valence-electron chi connectivity index (χ2n) is 6.55. The molecule has 0 aromatic heterocycles. The minimum Gasteiger partial charge on any atom is -0.361 e. The fourth-order valence-corrected chi connectivity index (χ4v) is 4.53. The molecule has 4 rings (SSSR count). The van der Waals surface area contributed by atoms with Crippen molar-refractivity contribution in [2.24, 2.45) is 5.10 Å². The maximum atomic E-state index is 12.9. The van der Waals surface area contributed by atoms with E-state index in [2.05, 4.69) is 23.3 Å². The van der Waals surface area contributed by atoms with Gasteiger partial charge < -0.3 is 10.6 Å². The largest absolute Gasteiger partial charge is 0.361 e. The summed E-state index contributed by atoms with van der Waals surface area (Å²) in [5.41, 5.74) is 1.81. The molecule has 24 heavy (non-hydrogen) atoms. The van der Waals surface area contributed by atoms with Crippen LogP contribution in [0.2, 0.25) is 0 Å². The van der Waals surface area contributed by atoms with Gasteiger partial charge in [0, 0.05) is 17.0 Å². The first-order chi connectivity index (χ1) is 11.7. The van der Waals surface area contributed by atoms with Crippen molar-refractivity contribution in [3.8, 4) is 0 Å². The van der Waals surface area contributed by atoms with Crippen molar-refractivity contribution in [3.63, 3.8) is 0 Å². The SMILES string of the molecule is C=CCSC1=NN2C(C(=O)N1)c1ccccc1NC21CCCCC1. The van der Waals surface area contributed by atoms with Gasteiger partial charge in [0.05, 0.1) is 0 Å². The average molecular weight is 342 g/mol. The minimum absolute atomic E-state index is 0.00969. The second-order valence-corrected chi connectivity index (χ2v) is 7.55. The van der Waals surface area contributed by atoms with Crippen LogP contribution in [0.4, 0.5) is 5.69 Å². The van der Waals surface area contributed by atoms with E-state index in [4.69, 9.17) is 5.10 Å². The summed E-state index contributed by atoms with van der Waals surface area (Å²) >= 11 is 1.52. The molecule has 5 nitrogen and oxygen atoms in total. The number of nitrogens with zero attached hydrogens (tertiary/aromatic N) is 2. The molecule has 1 aliphatic carbocycles. The van der Waals surface area contributed by atoms with Crippen molar-refractivity contribution in [2.45, 2.75) is 43.8 Å². The Bertz CT molecular complexity index is 696. The Kier molecular flexibility index (Phi) is 4.00. The van der Waals surface area contributed by atoms with Gasteiger partial charge in [0.15, 0.2) is 11.2 Å². The topological polar surface area (TPSA) is 56.7 Å². The van der Waals surface area contributed by atoms with Gasteiger partial charge in [0.1, 0.15) is 5.66 Å². The summed E-state index contributed by atoms with van der Waals surface area (Å²) in [6.07, 6.45) is 7.40. The van der Waals surface area contributed by atoms with Gasteiger partial charge >= 0.3 is 0 Å². The van der Waals surface area contributed by atoms with Crippen LogP contribution in [-0.2, 0) is 4.79 Å². The number of hydrazone groups is 1. The Balaban J connectivity index is 1.79. The number of nitrogens with one attached hydrogen (secondary N) is 2. The van der Waals surface area contributed by atoms with Crippen LogP contribution in [0, 0.1) is 0 Å². The molecular weight excluding hydrogens is 320 g/mol. The number of benzene rings is 1. The van der Waals surface area contributed by atoms with E-state index >= 15 is 0 Å². The van der Waals surface area contributed by atoms with Crippen LogP contribution in [0.5, 0.6) is 0 Å². The van der Waals surface area contributed by atoms with Crippen LogP contribution in [0.15, 0.2) is 42.0 Å². The number of amidine groups is 1. The zero-order chi connectivity index (χ0) is 16.6. The Morgan fingerprint density at radius 3 is 2.92 bits per heavy atom. The lowest BCUT2D eigenvalue weighted by Gasteiger charge is -2.53. The zero-order valence-electron chi connectivity index (χ0n) is 13.6. The van der Waals surface area contributed by atoms with E-state index in [1.807, 2.05) is 29.3 Å². The Hall–Kier alpha value is -1.95. The van der Waals surface area contributed by atoms with Gasteiger partial charge in [-0.1, -0.05) is 42.5 Å². The highest BCUT2D eigenvalue weighted by molar-refractivity contribution is 8.14. The van der Waals surface area contributed by atoms with Crippen LogP contribution in [0.1, 0.15) is 43.7 Å². The highest BCUT2D eigenvalue weighted by atomic mass is 32.2. The van der Waals surface area contributed by atoms with E-state index < -0.39 is 0 Å². The van der Waals surface area contributed by atoms with Gasteiger partial charge in [-0.15, -0.1) is 11.7 Å². The van der Waals surface area contributed by atoms with Crippen LogP contribution in [0.3, 0.4) is 0 Å². The molecule has 2 heterocycles. The molecule has 1 saturated carbocycles. The quantitative estimate of drug-likeness (QED) is 0.809. The normalized spacial score (nSPS) is 24.3. The monoisotopic (exact) mass is 342 g/mol. The average Bonchev–Trinajstić information content (AvgIpc) is 2.61. The highest BCUT2D eigenvalue weighted by Crippen LogP contribution is 2.47. The molecule has 6 heteroatoms. The summed E-state index contributed by atoms with van der Waals surface area (Å²) in [7, 11) is 0. The summed E-state index contributed by atoms with van der Waals surface area (Å²) in [4.78, 5) is 12.9. The van der Waals surface area contributed by atoms with Crippen molar-refractivity contribution in [1.29, 1.82) is 0 Å². The Morgan fingerprint density at radius 2 is 2.12 bits per heavy atom. The van der Waals surface area contributed by atoms with E-state index in [1.54, 1.807) is 0 Å². The van der Waals surface area contributed by atoms with Gasteiger partial charge in [-0.25, -0.2) is 0 Å². The third kappa shape index (κ3) is 2.49. The predicted octanol–water partition coefficient (Wildman–Crippen LogP) is 3.44. The second kappa shape index (κ2) is 6.16. The zero-order valence-corrected chi connectivity index (χ0v) is 14.4. The molecule has 2 aliphatic heterocycles. The lowest BCUT2D eigenvalue weighted by molar-refractivity contribution is -0.130. The number of rotatable bonds is 2. The molecule has 1 fully saturated rings. The molecule has 0 radical (unpaired) electrons. The number of anilines is 1. The molecule has 0 saturated heterocycles. The molecule has 1 atom stereocenters. The maximum Gasteiger partial charge on any atom is 0.255 e. The van der Waals surface area contributed by atoms with E-state index in [0.717, 1.165) is 42.7 Å². The third-order valence-electron chi connectivity index (χ3n) is 5.00. The summed E-state index contributed by atoms with van der Waals surface area (Å²) in [6, 6.07) is 7.74. The third-order valence-corrected chi connectivity index (χ3v) is 5.86. The number of amides is 1. The van der Waals surface area contributed by atoms with Gasteiger partial charge in [0.2, 0.25) is 0 Å². The molecule has 1 unspecified atom stereocenters. The molecule has 3 aliphatic rings. The van der Waals surface area contributed by atoms with E-state index in [0.29, 0.717) is 5.17 Å². The molecular formula is C18H22N4OS. The van der Waals surface area contributed by atoms with E-state index in [9.17, 15) is 4.79 Å². The lowest BCUT2D eigenvalue weighted by Crippen LogP contribution is -2.62. The molecule has 1 aromatic rings. The fraction of sp³-hybridized carbons (Fsp3) is 0.444. The van der Waals surface area contributed by atoms with E-state index in [1.165, 1.54) is 18.2 Å². The van der Waals surface area contributed by atoms with Crippen LogP contribution in [0.25, 0.3) is 0 Å². The lowest BCUT2D eigenvalue weighted by atomic mass is 9.83. The van der Waals surface area contributed by atoms with Crippen LogP contribution < -0.4 is 10.6 Å². The summed E-state index contributed by atoms with van der Waals surface area (Å²) in [6.45, 7) is 3.74. The Morgan fingerprint density at radius 1 is 1.33 bits per heavy atom. The van der Waals surface area contributed by atoms with Crippen molar-refractivity contribution in [1.82, 2.24) is 10.3 Å². The summed E-state index contributed by atoms with van der Waals surface area (Å²) in [5.74, 6) is 0.740. The number of para-hydroxylation sites is 1. The molecule has 1 amide bonds. The number of fused-ring (bicyclic) bond motifs is 4. The summed E-state index contributed by atoms with van der Waals surface area (Å²) in [5, 5.41) is 14.2. The number of thioether (sulfide) groups is 1. The maximum absolute atomic E-state index is 12.9. The van der Waals surface area contributed by atoms with Crippen LogP contribution >= 0.6 is 11.8 Å². The van der Waals surface area contributed by atoms with Crippen molar-refractivity contribution in [3.05, 3.63) is 42.5 Å². The number of hydrogen-bond acceptors (Lipinski definition) is 5. The molecule has 2 N–H and O–H groups in total. The van der Waals surface area contributed by atoms with Gasteiger partial charge in [-0.2, -0.15) is 0 Å². The van der Waals surface area contributed by atoms with Gasteiger partial charge in [-0.05, 0) is 31.7 Å². The highest BCUT2D eigenvalue weighted by Gasteiger charge is 2.50. The van der Waals surface area contributed by atoms with Crippen molar-refractivity contribution < 1.29 is 4.79 Å². The minimum atomic E-state index is -0.353. The predicted molar refractivity (Wildman–Crippen MR) is 98.7 cm³/mol. The van der Waals surface area contributed by atoms with E-state index in [-0.39, 0.29) is 17.6 Å². The summed E-state index contributed by atoms with van der Waals surface area (Å²) < 4.78 is 0. The Labute approximate surface area is 146 Å². The molecule has 1 aromatic carbocycles. The molecule has 1 spiro atoms. The molecule has 126 valence electrons. The molecule has 0 bridgehead atoms. The first kappa shape index (κ1) is 15.6. The van der Waals surface area contributed by atoms with Gasteiger partial charge in [-0.3, -0.25) is 9.80 Å². The first-order valence-corrected chi connectivity index (χ1v) is 9.52. The number of carbonyl (C=O) groups is 1. The number of hydrogen-bond donors (Lipinski definition) is 2. The van der Waals surface area contributed by atoms with Gasteiger partial charge in [0.25, 0.3) is 5.91 Å².